The number of nitrogens with zero attached hydrogens (tertiary/aromatic N) is 1. The quantitative estimate of drug-likeness (QED) is 0.329. The minimum atomic E-state index is -0.367. The van der Waals surface area contributed by atoms with Gasteiger partial charge in [-0.1, -0.05) is 0 Å². The minimum absolute atomic E-state index is 0.102. The Labute approximate surface area is 137 Å². The van der Waals surface area contributed by atoms with Gasteiger partial charge in [-0.05, 0) is 60.4 Å². The molecule has 116 valence electrons. The Kier molecular flexibility index (Phi) is 6.19. The summed E-state index contributed by atoms with van der Waals surface area (Å²) in [5.41, 5.74) is 6.49. The van der Waals surface area contributed by atoms with Gasteiger partial charge in [0.15, 0.2) is 0 Å². The molecule has 3 N–H and O–H groups in total. The summed E-state index contributed by atoms with van der Waals surface area (Å²) in [6, 6.07) is 5.46. The number of benzene rings is 1. The first-order valence-corrected chi connectivity index (χ1v) is 8.19. The van der Waals surface area contributed by atoms with Crippen molar-refractivity contribution in [1.29, 1.82) is 0 Å². The zero-order valence-electron chi connectivity index (χ0n) is 11.8. The Bertz CT molecular complexity index is 490. The highest BCUT2D eigenvalue weighted by atomic mass is 127. The number of nitro benzene ring substituents is 1. The van der Waals surface area contributed by atoms with E-state index in [2.05, 4.69) is 27.9 Å². The van der Waals surface area contributed by atoms with E-state index in [1.165, 1.54) is 0 Å². The molecule has 0 bridgehead atoms. The molecule has 0 aliphatic heterocycles. The number of hydrogen-bond acceptors (Lipinski definition) is 5. The molecule has 1 saturated carbocycles. The van der Waals surface area contributed by atoms with Crippen molar-refractivity contribution in [2.75, 3.05) is 18.5 Å². The fourth-order valence-corrected chi connectivity index (χ4v) is 2.95. The number of nitrogens with one attached hydrogen (secondary N) is 1. The van der Waals surface area contributed by atoms with Gasteiger partial charge >= 0.3 is 0 Å². The molecule has 1 aliphatic carbocycles. The molecule has 0 amide bonds. The Morgan fingerprint density at radius 1 is 1.38 bits per heavy atom. The smallest absolute Gasteiger partial charge is 0.293 e. The topological polar surface area (TPSA) is 90.4 Å². The van der Waals surface area contributed by atoms with E-state index in [1.807, 2.05) is 6.07 Å². The van der Waals surface area contributed by atoms with Gasteiger partial charge in [0, 0.05) is 22.2 Å². The van der Waals surface area contributed by atoms with Gasteiger partial charge in [-0.3, -0.25) is 10.1 Å². The van der Waals surface area contributed by atoms with E-state index in [-0.39, 0.29) is 16.7 Å². The number of nitro groups is 1. The first-order valence-electron chi connectivity index (χ1n) is 7.11. The molecule has 0 unspecified atom stereocenters. The monoisotopic (exact) mass is 405 g/mol. The fourth-order valence-electron chi connectivity index (χ4n) is 2.47. The van der Waals surface area contributed by atoms with Crippen LogP contribution in [0, 0.1) is 13.7 Å². The third-order valence-electron chi connectivity index (χ3n) is 3.65. The first kappa shape index (κ1) is 16.4. The number of ether oxygens (including phenoxy) is 1. The highest BCUT2D eigenvalue weighted by Gasteiger charge is 2.19. The van der Waals surface area contributed by atoms with Crippen molar-refractivity contribution >= 4 is 34.0 Å². The number of rotatable bonds is 6. The highest BCUT2D eigenvalue weighted by molar-refractivity contribution is 14.1. The summed E-state index contributed by atoms with van der Waals surface area (Å²) in [5, 5.41) is 14.1. The van der Waals surface area contributed by atoms with Crippen LogP contribution in [-0.2, 0) is 4.74 Å². The third kappa shape index (κ3) is 5.08. The van der Waals surface area contributed by atoms with Crippen molar-refractivity contribution in [2.45, 2.75) is 37.8 Å². The molecular weight excluding hydrogens is 385 g/mol. The van der Waals surface area contributed by atoms with E-state index in [0.29, 0.717) is 24.9 Å². The molecule has 1 fully saturated rings. The normalized spacial score (nSPS) is 22.0. The van der Waals surface area contributed by atoms with Crippen LogP contribution in [0.4, 0.5) is 11.4 Å². The van der Waals surface area contributed by atoms with Crippen LogP contribution in [0.5, 0.6) is 0 Å². The lowest BCUT2D eigenvalue weighted by Crippen LogP contribution is -2.31. The van der Waals surface area contributed by atoms with Crippen LogP contribution in [0.3, 0.4) is 0 Å². The van der Waals surface area contributed by atoms with E-state index >= 15 is 0 Å². The lowest BCUT2D eigenvalue weighted by molar-refractivity contribution is -0.384. The van der Waals surface area contributed by atoms with Gasteiger partial charge in [-0.25, -0.2) is 0 Å². The molecule has 0 aromatic heterocycles. The largest absolute Gasteiger partial charge is 0.377 e. The molecule has 7 heteroatoms. The molecule has 0 heterocycles. The van der Waals surface area contributed by atoms with Crippen LogP contribution in [-0.4, -0.2) is 30.2 Å². The summed E-state index contributed by atoms with van der Waals surface area (Å²) in [6.45, 7) is 1.10. The standard InChI is InChI=1S/C14H20IN3O3/c15-10-1-6-13(14(9-10)18(19)20)17-7-8-21-12-4-2-11(16)3-5-12/h1,6,9,11-12,17H,2-5,7-8,16H2. The SMILES string of the molecule is NC1CCC(OCCNc2ccc(I)cc2[N+](=O)[O-])CC1. The van der Waals surface area contributed by atoms with Crippen molar-refractivity contribution in [3.63, 3.8) is 0 Å². The number of nitrogens with two attached hydrogens (primary N) is 1. The molecular formula is C14H20IN3O3. The Morgan fingerprint density at radius 3 is 2.76 bits per heavy atom. The van der Waals surface area contributed by atoms with Gasteiger partial charge in [0.2, 0.25) is 0 Å². The number of halogens is 1. The Hall–Kier alpha value is -0.930. The van der Waals surface area contributed by atoms with Crippen LogP contribution >= 0.6 is 22.6 Å². The summed E-state index contributed by atoms with van der Waals surface area (Å²) in [6.07, 6.45) is 4.31. The molecule has 1 aliphatic rings. The molecule has 6 nitrogen and oxygen atoms in total. The molecule has 0 radical (unpaired) electrons. The van der Waals surface area contributed by atoms with Crippen molar-refractivity contribution in [3.8, 4) is 0 Å². The summed E-state index contributed by atoms with van der Waals surface area (Å²) in [7, 11) is 0. The van der Waals surface area contributed by atoms with Gasteiger partial charge in [-0.2, -0.15) is 0 Å². The molecule has 1 aromatic carbocycles. The maximum absolute atomic E-state index is 11.0. The van der Waals surface area contributed by atoms with E-state index in [4.69, 9.17) is 10.5 Å². The van der Waals surface area contributed by atoms with Crippen LogP contribution < -0.4 is 11.1 Å². The Morgan fingerprint density at radius 2 is 2.10 bits per heavy atom. The predicted molar refractivity (Wildman–Crippen MR) is 90.5 cm³/mol. The highest BCUT2D eigenvalue weighted by Crippen LogP contribution is 2.26. The molecule has 2 rings (SSSR count). The maximum Gasteiger partial charge on any atom is 0.293 e. The Balaban J connectivity index is 1.77. The van der Waals surface area contributed by atoms with E-state index in [0.717, 1.165) is 29.3 Å². The van der Waals surface area contributed by atoms with Crippen molar-refractivity contribution in [2.24, 2.45) is 5.73 Å². The van der Waals surface area contributed by atoms with Crippen LogP contribution in [0.15, 0.2) is 18.2 Å². The lowest BCUT2D eigenvalue weighted by Gasteiger charge is -2.26. The molecule has 0 spiro atoms. The van der Waals surface area contributed by atoms with Crippen LogP contribution in [0.2, 0.25) is 0 Å². The summed E-state index contributed by atoms with van der Waals surface area (Å²) in [5.74, 6) is 0. The lowest BCUT2D eigenvalue weighted by atomic mass is 9.94. The number of anilines is 1. The average Bonchev–Trinajstić information content (AvgIpc) is 2.46. The van der Waals surface area contributed by atoms with Gasteiger partial charge in [0.25, 0.3) is 5.69 Å². The second-order valence-corrected chi connectivity index (χ2v) is 6.50. The van der Waals surface area contributed by atoms with E-state index < -0.39 is 0 Å². The zero-order chi connectivity index (χ0) is 15.2. The van der Waals surface area contributed by atoms with Crippen LogP contribution in [0.1, 0.15) is 25.7 Å². The predicted octanol–water partition coefficient (Wildman–Crippen LogP) is 2.90. The van der Waals surface area contributed by atoms with E-state index in [9.17, 15) is 10.1 Å². The van der Waals surface area contributed by atoms with Crippen molar-refractivity contribution in [1.82, 2.24) is 0 Å². The summed E-state index contributed by atoms with van der Waals surface area (Å²) >= 11 is 2.06. The fraction of sp³-hybridized carbons (Fsp3) is 0.571. The van der Waals surface area contributed by atoms with Gasteiger partial charge in [-0.15, -0.1) is 0 Å². The van der Waals surface area contributed by atoms with Gasteiger partial charge in [0.05, 0.1) is 17.6 Å². The maximum atomic E-state index is 11.0. The van der Waals surface area contributed by atoms with Gasteiger partial charge < -0.3 is 15.8 Å². The minimum Gasteiger partial charge on any atom is -0.377 e. The number of hydrogen-bond donors (Lipinski definition) is 2. The third-order valence-corrected chi connectivity index (χ3v) is 4.32. The zero-order valence-corrected chi connectivity index (χ0v) is 13.9. The summed E-state index contributed by atoms with van der Waals surface area (Å²) < 4.78 is 6.63. The second-order valence-electron chi connectivity index (χ2n) is 5.25. The second kappa shape index (κ2) is 7.90. The molecule has 21 heavy (non-hydrogen) atoms. The first-order chi connectivity index (χ1) is 10.1. The molecule has 0 atom stereocenters. The molecule has 0 saturated heterocycles. The molecule has 1 aromatic rings. The van der Waals surface area contributed by atoms with Crippen LogP contribution in [0.25, 0.3) is 0 Å². The average molecular weight is 405 g/mol. The van der Waals surface area contributed by atoms with Crippen molar-refractivity contribution in [3.05, 3.63) is 31.9 Å². The van der Waals surface area contributed by atoms with Crippen molar-refractivity contribution < 1.29 is 9.66 Å². The van der Waals surface area contributed by atoms with E-state index in [1.54, 1.807) is 12.1 Å². The van der Waals surface area contributed by atoms with Gasteiger partial charge in [0.1, 0.15) is 5.69 Å². The summed E-state index contributed by atoms with van der Waals surface area (Å²) in [4.78, 5) is 10.6.